The summed E-state index contributed by atoms with van der Waals surface area (Å²) >= 11 is 5.41. The van der Waals surface area contributed by atoms with Crippen molar-refractivity contribution in [1.82, 2.24) is 4.98 Å². The molecule has 2 nitrogen and oxygen atoms in total. The average molecular weight is 132 g/mol. The van der Waals surface area contributed by atoms with Crippen LogP contribution in [0.25, 0.3) is 0 Å². The molecule has 8 heavy (non-hydrogen) atoms. The van der Waals surface area contributed by atoms with Crippen molar-refractivity contribution in [2.45, 2.75) is 0 Å². The van der Waals surface area contributed by atoms with Gasteiger partial charge in [0.2, 0.25) is 0 Å². The molecule has 0 atom stereocenters. The molecule has 0 amide bonds. The molecule has 1 aromatic rings. The van der Waals surface area contributed by atoms with Crippen molar-refractivity contribution in [3.63, 3.8) is 0 Å². The zero-order valence-electron chi connectivity index (χ0n) is 6.90. The summed E-state index contributed by atoms with van der Waals surface area (Å²) in [5.74, 6) is 0. The predicted octanol–water partition coefficient (Wildman–Crippen LogP) is 1.32. The van der Waals surface area contributed by atoms with E-state index in [0.29, 0.717) is 0 Å². The number of pyridine rings is 1. The summed E-state index contributed by atoms with van der Waals surface area (Å²) in [6.45, 7) is 0. The van der Waals surface area contributed by atoms with E-state index in [-0.39, 0.29) is 29.1 Å². The van der Waals surface area contributed by atoms with E-state index in [1.807, 2.05) is 0 Å². The van der Waals surface area contributed by atoms with Crippen LogP contribution in [0.3, 0.4) is 0 Å². The molecule has 0 saturated heterocycles. The zero-order chi connectivity index (χ0) is 8.59. The van der Waals surface area contributed by atoms with Crippen molar-refractivity contribution < 1.29 is 4.11 Å². The highest BCUT2D eigenvalue weighted by Crippen LogP contribution is 2.06. The molecule has 0 aromatic carbocycles. The zero-order valence-corrected chi connectivity index (χ0v) is 4.66. The van der Waals surface area contributed by atoms with E-state index in [0.717, 1.165) is 0 Å². The molecule has 0 radical (unpaired) electrons. The van der Waals surface area contributed by atoms with Gasteiger partial charge in [-0.1, -0.05) is 11.6 Å². The number of aromatic nitrogens is 1. The van der Waals surface area contributed by atoms with Gasteiger partial charge in [-0.3, -0.25) is 0 Å². The second-order valence-corrected chi connectivity index (χ2v) is 1.54. The number of rotatable bonds is 0. The van der Waals surface area contributed by atoms with Gasteiger partial charge in [-0.25, -0.2) is 4.98 Å². The minimum absolute atomic E-state index is 0.102. The molecule has 0 fully saturated rings. The van der Waals surface area contributed by atoms with E-state index in [1.165, 1.54) is 0 Å². The second kappa shape index (κ2) is 2.01. The maximum atomic E-state index is 7.16. The second-order valence-electron chi connectivity index (χ2n) is 1.18. The standard InChI is InChI=1S/C5H5ClN2/c6-5-3-4(7)1-2-8-5/h1-3H,(H2,7,8)/i1D,2D,3D. The number of nitrogens with two attached hydrogens (primary N) is 1. The lowest BCUT2D eigenvalue weighted by Crippen LogP contribution is -1.83. The Hall–Kier alpha value is -0.760. The Labute approximate surface area is 56.5 Å². The third kappa shape index (κ3) is 1.10. The van der Waals surface area contributed by atoms with Gasteiger partial charge in [0.05, 0.1) is 4.11 Å². The quantitative estimate of drug-likeness (QED) is 0.540. The number of hydrogen-bond donors (Lipinski definition) is 1. The molecule has 3 heteroatoms. The van der Waals surface area contributed by atoms with Crippen LogP contribution in [-0.4, -0.2) is 4.98 Å². The molecule has 0 aliphatic heterocycles. The molecule has 0 aliphatic rings. The van der Waals surface area contributed by atoms with E-state index in [4.69, 9.17) is 21.4 Å². The molecule has 0 bridgehead atoms. The number of halogens is 1. The summed E-state index contributed by atoms with van der Waals surface area (Å²) in [4.78, 5) is 3.41. The predicted molar refractivity (Wildman–Crippen MR) is 33.7 cm³/mol. The van der Waals surface area contributed by atoms with Gasteiger partial charge in [-0.15, -0.1) is 0 Å². The lowest BCUT2D eigenvalue weighted by Gasteiger charge is -1.88. The molecule has 2 N–H and O–H groups in total. The van der Waals surface area contributed by atoms with Gasteiger partial charge in [-0.2, -0.15) is 0 Å². The fraction of sp³-hybridized carbons (Fsp3) is 0. The summed E-state index contributed by atoms with van der Waals surface area (Å²) in [6, 6.07) is -0.438. The van der Waals surface area contributed by atoms with Gasteiger partial charge in [0, 0.05) is 11.9 Å². The molecule has 1 rings (SSSR count). The minimum Gasteiger partial charge on any atom is -0.399 e. The minimum atomic E-state index is -0.302. The fourth-order valence-corrected chi connectivity index (χ4v) is 0.452. The van der Waals surface area contributed by atoms with E-state index in [9.17, 15) is 0 Å². The van der Waals surface area contributed by atoms with Gasteiger partial charge in [0.15, 0.2) is 0 Å². The van der Waals surface area contributed by atoms with Crippen LogP contribution in [0.15, 0.2) is 18.3 Å². The van der Waals surface area contributed by atoms with Crippen LogP contribution in [0.1, 0.15) is 4.11 Å². The maximum absolute atomic E-state index is 7.16. The number of anilines is 1. The Morgan fingerprint density at radius 3 is 3.38 bits per heavy atom. The molecular weight excluding hydrogens is 124 g/mol. The summed E-state index contributed by atoms with van der Waals surface area (Å²) in [5, 5.41) is -0.136. The van der Waals surface area contributed by atoms with Crippen LogP contribution in [0.4, 0.5) is 5.69 Å². The summed E-state index contributed by atoms with van der Waals surface area (Å²) < 4.78 is 21.3. The van der Waals surface area contributed by atoms with Crippen LogP contribution in [0.2, 0.25) is 5.15 Å². The fourth-order valence-electron chi connectivity index (χ4n) is 0.308. The number of hydrogen-bond acceptors (Lipinski definition) is 2. The van der Waals surface area contributed by atoms with Crippen molar-refractivity contribution in [2.75, 3.05) is 5.73 Å². The third-order valence-corrected chi connectivity index (χ3v) is 0.761. The number of nitrogen functional groups attached to an aromatic ring is 1. The summed E-state index contributed by atoms with van der Waals surface area (Å²) in [7, 11) is 0. The highest BCUT2D eigenvalue weighted by Gasteiger charge is 1.84. The largest absolute Gasteiger partial charge is 0.399 e. The first-order valence-corrected chi connectivity index (χ1v) is 2.30. The highest BCUT2D eigenvalue weighted by molar-refractivity contribution is 6.29. The van der Waals surface area contributed by atoms with Crippen LogP contribution in [-0.2, 0) is 0 Å². The van der Waals surface area contributed by atoms with Crippen molar-refractivity contribution in [2.24, 2.45) is 0 Å². The third-order valence-electron chi connectivity index (χ3n) is 0.582. The van der Waals surface area contributed by atoms with E-state index in [2.05, 4.69) is 4.98 Å². The Bertz CT molecular complexity index is 276. The first-order chi connectivity index (χ1) is 5.04. The SMILES string of the molecule is [2H]c1nc(Cl)c([2H])c(N)c1[2H]. The maximum Gasteiger partial charge on any atom is 0.131 e. The smallest absolute Gasteiger partial charge is 0.131 e. The highest BCUT2D eigenvalue weighted by atomic mass is 35.5. The Morgan fingerprint density at radius 1 is 1.88 bits per heavy atom. The average Bonchev–Trinajstić information content (AvgIpc) is 1.97. The Kier molecular flexibility index (Phi) is 0.674. The van der Waals surface area contributed by atoms with E-state index in [1.54, 1.807) is 0 Å². The van der Waals surface area contributed by atoms with Gasteiger partial charge in [0.1, 0.15) is 5.15 Å². The van der Waals surface area contributed by atoms with Gasteiger partial charge in [-0.05, 0) is 12.1 Å². The first-order valence-electron chi connectivity index (χ1n) is 3.42. The monoisotopic (exact) mass is 131 g/mol. The van der Waals surface area contributed by atoms with Gasteiger partial charge in [0.25, 0.3) is 0 Å². The summed E-state index contributed by atoms with van der Waals surface area (Å²) in [6.07, 6.45) is -0.302. The molecule has 0 saturated carbocycles. The van der Waals surface area contributed by atoms with Gasteiger partial charge < -0.3 is 5.73 Å². The summed E-state index contributed by atoms with van der Waals surface area (Å²) in [5.41, 5.74) is 5.16. The number of nitrogens with zero attached hydrogens (tertiary/aromatic N) is 1. The molecule has 0 aliphatic carbocycles. The molecule has 1 aromatic heterocycles. The van der Waals surface area contributed by atoms with Crippen LogP contribution >= 0.6 is 11.6 Å². The van der Waals surface area contributed by atoms with Crippen molar-refractivity contribution in [3.05, 3.63) is 23.4 Å². The Balaban J connectivity index is 3.46. The van der Waals surface area contributed by atoms with Crippen LogP contribution < -0.4 is 5.73 Å². The molecule has 1 heterocycles. The first kappa shape index (κ1) is 2.69. The normalized spacial score (nSPS) is 14.4. The topological polar surface area (TPSA) is 38.9 Å². The molecular formula is C5H5ClN2. The molecule has 0 spiro atoms. The molecule has 0 unspecified atom stereocenters. The van der Waals surface area contributed by atoms with Crippen molar-refractivity contribution in [1.29, 1.82) is 0 Å². The van der Waals surface area contributed by atoms with Crippen LogP contribution in [0, 0.1) is 0 Å². The lowest BCUT2D eigenvalue weighted by molar-refractivity contribution is 1.33. The lowest BCUT2D eigenvalue weighted by atomic mass is 10.4. The van der Waals surface area contributed by atoms with Crippen molar-refractivity contribution in [3.8, 4) is 0 Å². The van der Waals surface area contributed by atoms with E-state index < -0.39 is 0 Å². The molecule has 42 valence electrons. The van der Waals surface area contributed by atoms with E-state index >= 15 is 0 Å². The Morgan fingerprint density at radius 2 is 2.62 bits per heavy atom. The van der Waals surface area contributed by atoms with Crippen molar-refractivity contribution >= 4 is 17.3 Å². The van der Waals surface area contributed by atoms with Gasteiger partial charge >= 0.3 is 0 Å². The van der Waals surface area contributed by atoms with Crippen LogP contribution in [0.5, 0.6) is 0 Å².